The highest BCUT2D eigenvalue weighted by molar-refractivity contribution is 7.89. The molecule has 0 aliphatic carbocycles. The second-order valence-corrected chi connectivity index (χ2v) is 6.48. The van der Waals surface area contributed by atoms with Gasteiger partial charge in [0, 0.05) is 18.0 Å². The molecule has 7 nitrogen and oxygen atoms in total. The van der Waals surface area contributed by atoms with E-state index in [9.17, 15) is 8.42 Å². The van der Waals surface area contributed by atoms with Crippen molar-refractivity contribution in [1.29, 1.82) is 0 Å². The molecule has 23 heavy (non-hydrogen) atoms. The Morgan fingerprint density at radius 3 is 2.52 bits per heavy atom. The monoisotopic (exact) mass is 329 g/mol. The lowest BCUT2D eigenvalue weighted by Gasteiger charge is -2.10. The first-order valence-corrected chi connectivity index (χ1v) is 8.32. The van der Waals surface area contributed by atoms with Crippen LogP contribution in [0.15, 0.2) is 47.4 Å². The van der Waals surface area contributed by atoms with Crippen LogP contribution in [-0.2, 0) is 10.0 Å². The highest BCUT2D eigenvalue weighted by Gasteiger charge is 2.15. The summed E-state index contributed by atoms with van der Waals surface area (Å²) >= 11 is 0. The third kappa shape index (κ3) is 2.81. The predicted octanol–water partition coefficient (Wildman–Crippen LogP) is 1.57. The van der Waals surface area contributed by atoms with Crippen LogP contribution in [-0.4, -0.2) is 25.4 Å². The van der Waals surface area contributed by atoms with Crippen LogP contribution in [0.3, 0.4) is 0 Å². The van der Waals surface area contributed by atoms with E-state index >= 15 is 0 Å². The van der Waals surface area contributed by atoms with E-state index in [4.69, 9.17) is 10.9 Å². The third-order valence-electron chi connectivity index (χ3n) is 3.46. The smallest absolute Gasteiger partial charge is 0.238 e. The molecule has 3 aromatic rings. The number of aromatic nitrogens is 2. The van der Waals surface area contributed by atoms with Crippen molar-refractivity contribution in [2.45, 2.75) is 4.90 Å². The van der Waals surface area contributed by atoms with Gasteiger partial charge in [0.2, 0.25) is 16.0 Å². The standard InChI is InChI=1S/C15H15N5O2S/c1-18-14-11-7-6-9(8-12(11)19-15(16)20-14)10-4-2-3-5-13(10)23(17,21)22/h2-8H,1H3,(H2,17,21,22)(H3,16,18,19,20). The van der Waals surface area contributed by atoms with Crippen molar-refractivity contribution in [2.75, 3.05) is 18.1 Å². The van der Waals surface area contributed by atoms with Crippen LogP contribution >= 0.6 is 0 Å². The zero-order chi connectivity index (χ0) is 16.6. The maximum absolute atomic E-state index is 11.8. The number of rotatable bonds is 3. The molecule has 1 heterocycles. The van der Waals surface area contributed by atoms with Gasteiger partial charge in [0.05, 0.1) is 10.4 Å². The highest BCUT2D eigenvalue weighted by atomic mass is 32.2. The Labute approximate surface area is 133 Å². The molecule has 0 saturated heterocycles. The van der Waals surface area contributed by atoms with E-state index < -0.39 is 10.0 Å². The van der Waals surface area contributed by atoms with Gasteiger partial charge >= 0.3 is 0 Å². The van der Waals surface area contributed by atoms with Gasteiger partial charge in [-0.05, 0) is 23.8 Å². The molecule has 0 saturated carbocycles. The zero-order valence-electron chi connectivity index (χ0n) is 12.3. The molecule has 0 aliphatic heterocycles. The van der Waals surface area contributed by atoms with Crippen LogP contribution in [0.5, 0.6) is 0 Å². The van der Waals surface area contributed by atoms with E-state index in [-0.39, 0.29) is 10.8 Å². The van der Waals surface area contributed by atoms with Crippen LogP contribution in [0.2, 0.25) is 0 Å². The summed E-state index contributed by atoms with van der Waals surface area (Å²) in [4.78, 5) is 8.39. The zero-order valence-corrected chi connectivity index (χ0v) is 13.1. The first-order valence-electron chi connectivity index (χ1n) is 6.77. The van der Waals surface area contributed by atoms with Gasteiger partial charge in [-0.15, -0.1) is 0 Å². The van der Waals surface area contributed by atoms with Crippen molar-refractivity contribution in [2.24, 2.45) is 5.14 Å². The number of hydrogen-bond acceptors (Lipinski definition) is 6. The predicted molar refractivity (Wildman–Crippen MR) is 90.3 cm³/mol. The normalized spacial score (nSPS) is 11.6. The van der Waals surface area contributed by atoms with E-state index in [1.165, 1.54) is 6.07 Å². The van der Waals surface area contributed by atoms with Crippen molar-refractivity contribution in [1.82, 2.24) is 9.97 Å². The number of primary sulfonamides is 1. The number of sulfonamides is 1. The third-order valence-corrected chi connectivity index (χ3v) is 4.42. The van der Waals surface area contributed by atoms with E-state index in [1.807, 2.05) is 6.07 Å². The molecule has 0 amide bonds. The van der Waals surface area contributed by atoms with Gasteiger partial charge in [-0.3, -0.25) is 0 Å². The number of fused-ring (bicyclic) bond motifs is 1. The number of nitrogens with one attached hydrogen (secondary N) is 1. The Hall–Kier alpha value is -2.71. The molecule has 1 aromatic heterocycles. The molecule has 3 rings (SSSR count). The molecule has 0 aliphatic rings. The maximum Gasteiger partial charge on any atom is 0.238 e. The second-order valence-electron chi connectivity index (χ2n) is 4.95. The van der Waals surface area contributed by atoms with Crippen molar-refractivity contribution >= 4 is 32.7 Å². The molecule has 2 aromatic carbocycles. The molecule has 0 radical (unpaired) electrons. The van der Waals surface area contributed by atoms with Gasteiger partial charge in [-0.25, -0.2) is 18.5 Å². The van der Waals surface area contributed by atoms with E-state index in [1.54, 1.807) is 37.4 Å². The number of benzene rings is 2. The summed E-state index contributed by atoms with van der Waals surface area (Å²) in [5.74, 6) is 0.748. The van der Waals surface area contributed by atoms with Gasteiger partial charge in [-0.1, -0.05) is 24.3 Å². The maximum atomic E-state index is 11.8. The Balaban J connectivity index is 2.27. The van der Waals surface area contributed by atoms with Crippen LogP contribution in [0.25, 0.3) is 22.0 Å². The summed E-state index contributed by atoms with van der Waals surface area (Å²) in [6.07, 6.45) is 0. The highest BCUT2D eigenvalue weighted by Crippen LogP contribution is 2.30. The number of nitrogen functional groups attached to an aromatic ring is 1. The molecule has 0 unspecified atom stereocenters. The van der Waals surface area contributed by atoms with Crippen molar-refractivity contribution < 1.29 is 8.42 Å². The van der Waals surface area contributed by atoms with Crippen molar-refractivity contribution in [3.63, 3.8) is 0 Å². The minimum absolute atomic E-state index is 0.0650. The lowest BCUT2D eigenvalue weighted by atomic mass is 10.0. The number of nitrogens with two attached hydrogens (primary N) is 2. The molecule has 0 bridgehead atoms. The fourth-order valence-corrected chi connectivity index (χ4v) is 3.22. The van der Waals surface area contributed by atoms with E-state index in [0.717, 1.165) is 5.39 Å². The Morgan fingerprint density at radius 2 is 1.83 bits per heavy atom. The molecule has 8 heteroatoms. The number of nitrogens with zero attached hydrogens (tertiary/aromatic N) is 2. The van der Waals surface area contributed by atoms with Crippen LogP contribution < -0.4 is 16.2 Å². The fourth-order valence-electron chi connectivity index (χ4n) is 2.46. The number of anilines is 2. The van der Waals surface area contributed by atoms with Gasteiger partial charge in [0.15, 0.2) is 0 Å². The molecule has 0 spiro atoms. The summed E-state index contributed by atoms with van der Waals surface area (Å²) in [5, 5.41) is 9.04. The fraction of sp³-hybridized carbons (Fsp3) is 0.0667. The summed E-state index contributed by atoms with van der Waals surface area (Å²) in [6, 6.07) is 11.9. The Bertz CT molecular complexity index is 1000. The molecular formula is C15H15N5O2S. The van der Waals surface area contributed by atoms with E-state index in [0.29, 0.717) is 22.5 Å². The summed E-state index contributed by atoms with van der Waals surface area (Å²) in [7, 11) is -2.08. The van der Waals surface area contributed by atoms with Crippen molar-refractivity contribution in [3.8, 4) is 11.1 Å². The molecule has 118 valence electrons. The van der Waals surface area contributed by atoms with Gasteiger partial charge in [0.1, 0.15) is 5.82 Å². The summed E-state index contributed by atoms with van der Waals surface area (Å²) in [5.41, 5.74) is 7.52. The minimum Gasteiger partial charge on any atom is -0.372 e. The first kappa shape index (κ1) is 15.2. The average Bonchev–Trinajstić information content (AvgIpc) is 2.52. The van der Waals surface area contributed by atoms with Crippen LogP contribution in [0, 0.1) is 0 Å². The summed E-state index contributed by atoms with van der Waals surface area (Å²) < 4.78 is 23.5. The molecule has 0 atom stereocenters. The van der Waals surface area contributed by atoms with Crippen molar-refractivity contribution in [3.05, 3.63) is 42.5 Å². The lowest BCUT2D eigenvalue weighted by Crippen LogP contribution is -2.13. The van der Waals surface area contributed by atoms with E-state index in [2.05, 4.69) is 15.3 Å². The molecule has 5 N–H and O–H groups in total. The molecular weight excluding hydrogens is 314 g/mol. The van der Waals surface area contributed by atoms with Gasteiger partial charge < -0.3 is 11.1 Å². The number of hydrogen-bond donors (Lipinski definition) is 3. The largest absolute Gasteiger partial charge is 0.372 e. The van der Waals surface area contributed by atoms with Gasteiger partial charge in [-0.2, -0.15) is 4.98 Å². The second kappa shape index (κ2) is 5.49. The first-order chi connectivity index (χ1) is 10.9. The summed E-state index contributed by atoms with van der Waals surface area (Å²) in [6.45, 7) is 0. The quantitative estimate of drug-likeness (QED) is 0.670. The Kier molecular flexibility index (Phi) is 3.63. The van der Waals surface area contributed by atoms with Gasteiger partial charge in [0.25, 0.3) is 0 Å². The topological polar surface area (TPSA) is 124 Å². The minimum atomic E-state index is -3.83. The SMILES string of the molecule is CNc1nc(N)nc2cc(-c3ccccc3S(N)(=O)=O)ccc12. The average molecular weight is 329 g/mol. The molecule has 0 fully saturated rings. The Morgan fingerprint density at radius 1 is 1.09 bits per heavy atom. The van der Waals surface area contributed by atoms with Crippen LogP contribution in [0.4, 0.5) is 11.8 Å². The lowest BCUT2D eigenvalue weighted by molar-refractivity contribution is 0.598. The van der Waals surface area contributed by atoms with Crippen LogP contribution in [0.1, 0.15) is 0 Å².